The molecule has 0 fully saturated rings. The lowest BCUT2D eigenvalue weighted by Crippen LogP contribution is -2.03. The molecule has 0 atom stereocenters. The standard InChI is InChI=1S/C3H11NS2/c1-6(2,3)4-5/h4-5H,1-3H3. The van der Waals surface area contributed by atoms with Crippen molar-refractivity contribution in [3.63, 3.8) is 0 Å². The Hall–Kier alpha value is 0.660. The second kappa shape index (κ2) is 2.09. The van der Waals surface area contributed by atoms with Crippen LogP contribution in [0.4, 0.5) is 0 Å². The van der Waals surface area contributed by atoms with E-state index in [1.165, 1.54) is 0 Å². The van der Waals surface area contributed by atoms with Crippen LogP contribution < -0.4 is 4.13 Å². The topological polar surface area (TPSA) is 12.0 Å². The Balaban J connectivity index is 3.17. The zero-order chi connectivity index (χ0) is 5.21. The fraction of sp³-hybridized carbons (Fsp3) is 1.00. The molecule has 6 heavy (non-hydrogen) atoms. The third kappa shape index (κ3) is 4.66. The van der Waals surface area contributed by atoms with E-state index in [0.29, 0.717) is 0 Å². The molecule has 0 heterocycles. The van der Waals surface area contributed by atoms with Crippen molar-refractivity contribution in [2.24, 2.45) is 0 Å². The van der Waals surface area contributed by atoms with Crippen molar-refractivity contribution in [3.8, 4) is 0 Å². The van der Waals surface area contributed by atoms with Crippen LogP contribution in [0.3, 0.4) is 0 Å². The third-order valence-corrected chi connectivity index (χ3v) is 2.46. The predicted octanol–water partition coefficient (Wildman–Crippen LogP) is 1.03. The lowest BCUT2D eigenvalue weighted by Gasteiger charge is -2.21. The van der Waals surface area contributed by atoms with Gasteiger partial charge in [0.05, 0.1) is 0 Å². The summed E-state index contributed by atoms with van der Waals surface area (Å²) in [6, 6.07) is 0. The molecule has 0 saturated carbocycles. The van der Waals surface area contributed by atoms with Crippen LogP contribution in [0.15, 0.2) is 0 Å². The summed E-state index contributed by atoms with van der Waals surface area (Å²) in [6.45, 7) is 0. The van der Waals surface area contributed by atoms with Gasteiger partial charge >= 0.3 is 0 Å². The van der Waals surface area contributed by atoms with Crippen molar-refractivity contribution in [2.45, 2.75) is 0 Å². The van der Waals surface area contributed by atoms with Gasteiger partial charge in [0.15, 0.2) is 0 Å². The second-order valence-corrected chi connectivity index (χ2v) is 6.33. The third-order valence-electron chi connectivity index (χ3n) is 0.274. The first kappa shape index (κ1) is 6.66. The molecular weight excluding hydrogens is 114 g/mol. The molecule has 0 radical (unpaired) electrons. The highest BCUT2D eigenvalue weighted by Crippen LogP contribution is 2.28. The summed E-state index contributed by atoms with van der Waals surface area (Å²) in [6.07, 6.45) is 6.42. The van der Waals surface area contributed by atoms with Crippen LogP contribution >= 0.6 is 23.0 Å². The molecule has 0 aromatic rings. The molecule has 0 saturated heterocycles. The summed E-state index contributed by atoms with van der Waals surface area (Å²) in [5.41, 5.74) is 0. The maximum absolute atomic E-state index is 3.89. The Morgan fingerprint density at radius 1 is 1.33 bits per heavy atom. The quantitative estimate of drug-likeness (QED) is 0.499. The minimum absolute atomic E-state index is 0.548. The minimum Gasteiger partial charge on any atom is -0.230 e. The lowest BCUT2D eigenvalue weighted by molar-refractivity contribution is 1.68. The SMILES string of the molecule is CS(C)(C)NS. The first-order valence-electron chi connectivity index (χ1n) is 1.65. The Morgan fingerprint density at radius 3 is 1.50 bits per heavy atom. The van der Waals surface area contributed by atoms with Crippen LogP contribution in [0, 0.1) is 0 Å². The minimum atomic E-state index is -0.548. The Morgan fingerprint density at radius 2 is 1.50 bits per heavy atom. The van der Waals surface area contributed by atoms with Gasteiger partial charge in [-0.25, -0.2) is 4.13 Å². The number of nitrogens with one attached hydrogen (secondary N) is 1. The van der Waals surface area contributed by atoms with E-state index in [0.717, 1.165) is 0 Å². The Bertz CT molecular complexity index is 38.5. The smallest absolute Gasteiger partial charge is 0.0223 e. The van der Waals surface area contributed by atoms with Gasteiger partial charge in [-0.3, -0.25) is 0 Å². The van der Waals surface area contributed by atoms with Crippen molar-refractivity contribution < 1.29 is 0 Å². The van der Waals surface area contributed by atoms with Crippen LogP contribution in [-0.2, 0) is 0 Å². The van der Waals surface area contributed by atoms with Gasteiger partial charge in [0.25, 0.3) is 0 Å². The Labute approximate surface area is 46.5 Å². The van der Waals surface area contributed by atoms with E-state index in [-0.39, 0.29) is 0 Å². The zero-order valence-electron chi connectivity index (χ0n) is 4.36. The monoisotopic (exact) mass is 125 g/mol. The normalized spacial score (nSPS) is 14.7. The predicted molar refractivity (Wildman–Crippen MR) is 37.5 cm³/mol. The zero-order valence-corrected chi connectivity index (χ0v) is 6.07. The molecule has 0 aliphatic rings. The molecule has 0 rings (SSSR count). The van der Waals surface area contributed by atoms with Crippen LogP contribution in [-0.4, -0.2) is 18.8 Å². The van der Waals surface area contributed by atoms with Gasteiger partial charge < -0.3 is 0 Å². The van der Waals surface area contributed by atoms with E-state index in [2.05, 4.69) is 35.7 Å². The fourth-order valence-electron chi connectivity index (χ4n) is 0. The van der Waals surface area contributed by atoms with Crippen molar-refractivity contribution in [2.75, 3.05) is 18.8 Å². The van der Waals surface area contributed by atoms with E-state index in [1.807, 2.05) is 0 Å². The van der Waals surface area contributed by atoms with Crippen molar-refractivity contribution >= 4 is 23.0 Å². The fourth-order valence-corrected chi connectivity index (χ4v) is 0. The van der Waals surface area contributed by atoms with Crippen LogP contribution in [0.1, 0.15) is 0 Å². The molecule has 0 amide bonds. The van der Waals surface area contributed by atoms with E-state index in [9.17, 15) is 0 Å². The number of rotatable bonds is 1. The molecule has 0 spiro atoms. The maximum Gasteiger partial charge on any atom is -0.0223 e. The molecule has 0 bridgehead atoms. The molecule has 0 aromatic carbocycles. The van der Waals surface area contributed by atoms with E-state index >= 15 is 0 Å². The van der Waals surface area contributed by atoms with Crippen molar-refractivity contribution in [3.05, 3.63) is 0 Å². The summed E-state index contributed by atoms with van der Waals surface area (Å²) >= 11 is 3.89. The molecule has 1 nitrogen and oxygen atoms in total. The van der Waals surface area contributed by atoms with Crippen LogP contribution in [0.25, 0.3) is 0 Å². The van der Waals surface area contributed by atoms with E-state index < -0.39 is 10.2 Å². The van der Waals surface area contributed by atoms with Gasteiger partial charge in [0.1, 0.15) is 0 Å². The lowest BCUT2D eigenvalue weighted by atomic mass is 11.9. The van der Waals surface area contributed by atoms with E-state index in [4.69, 9.17) is 0 Å². The molecular formula is C3H11NS2. The summed E-state index contributed by atoms with van der Waals surface area (Å²) in [7, 11) is -0.548. The van der Waals surface area contributed by atoms with E-state index in [1.54, 1.807) is 0 Å². The molecule has 0 aliphatic carbocycles. The first-order chi connectivity index (χ1) is 2.56. The molecule has 0 aliphatic heterocycles. The van der Waals surface area contributed by atoms with Crippen LogP contribution in [0.2, 0.25) is 0 Å². The average Bonchev–Trinajstić information content (AvgIpc) is 1.35. The molecule has 3 heteroatoms. The highest BCUT2D eigenvalue weighted by atomic mass is 32.3. The summed E-state index contributed by atoms with van der Waals surface area (Å²) < 4.78 is 2.88. The Kier molecular flexibility index (Phi) is 2.33. The second-order valence-electron chi connectivity index (χ2n) is 1.93. The van der Waals surface area contributed by atoms with Gasteiger partial charge in [0, 0.05) is 0 Å². The van der Waals surface area contributed by atoms with Gasteiger partial charge in [-0.05, 0) is 18.8 Å². The van der Waals surface area contributed by atoms with Crippen molar-refractivity contribution in [1.82, 2.24) is 4.13 Å². The van der Waals surface area contributed by atoms with Crippen LogP contribution in [0.5, 0.6) is 0 Å². The summed E-state index contributed by atoms with van der Waals surface area (Å²) in [5.74, 6) is 0. The average molecular weight is 125 g/mol. The largest absolute Gasteiger partial charge is 0.230 e. The summed E-state index contributed by atoms with van der Waals surface area (Å²) in [5, 5.41) is 0. The van der Waals surface area contributed by atoms with Crippen molar-refractivity contribution in [1.29, 1.82) is 0 Å². The number of thiol groups is 1. The molecule has 0 unspecified atom stereocenters. The number of hydrogen-bond donors (Lipinski definition) is 2. The van der Waals surface area contributed by atoms with Gasteiger partial charge in [-0.2, -0.15) is 10.2 Å². The number of hydrogen-bond acceptors (Lipinski definition) is 2. The highest BCUT2D eigenvalue weighted by molar-refractivity contribution is 8.34. The highest BCUT2D eigenvalue weighted by Gasteiger charge is 1.94. The molecule has 1 N–H and O–H groups in total. The van der Waals surface area contributed by atoms with Gasteiger partial charge in [-0.1, -0.05) is 12.8 Å². The maximum atomic E-state index is 3.89. The van der Waals surface area contributed by atoms with Gasteiger partial charge in [-0.15, -0.1) is 0 Å². The first-order valence-corrected chi connectivity index (χ1v) is 4.96. The van der Waals surface area contributed by atoms with Gasteiger partial charge in [0.2, 0.25) is 0 Å². The molecule has 0 aromatic heterocycles. The summed E-state index contributed by atoms with van der Waals surface area (Å²) in [4.78, 5) is 0. The molecule has 40 valence electrons.